The average Bonchev–Trinajstić information content (AvgIpc) is 2.68. The molecule has 1 atom stereocenters. The van der Waals surface area contributed by atoms with Crippen LogP contribution in [0.25, 0.3) is 0 Å². The molecule has 1 rings (SSSR count). The quantitative estimate of drug-likeness (QED) is 0.457. The van der Waals surface area contributed by atoms with Gasteiger partial charge in [-0.15, -0.1) is 0 Å². The zero-order valence-corrected chi connectivity index (χ0v) is 11.4. The molecule has 1 fully saturated rings. The van der Waals surface area contributed by atoms with Crippen LogP contribution in [0.1, 0.15) is 12.8 Å². The molecule has 1 heterocycles. The summed E-state index contributed by atoms with van der Waals surface area (Å²) in [6.07, 6.45) is -1.95. The van der Waals surface area contributed by atoms with Crippen molar-refractivity contribution in [2.24, 2.45) is 5.73 Å². The number of primary amides is 1. The van der Waals surface area contributed by atoms with E-state index in [-0.39, 0.29) is 19.4 Å². The minimum Gasteiger partial charge on any atom is -0.450 e. The molecule has 2 N–H and O–H groups in total. The molecule has 0 saturated carbocycles. The van der Waals surface area contributed by atoms with E-state index < -0.39 is 35.4 Å². The first-order chi connectivity index (χ1) is 8.99. The minimum absolute atomic E-state index is 0.00890. The van der Waals surface area contributed by atoms with Gasteiger partial charge in [0.1, 0.15) is 0 Å². The molecule has 1 aliphatic rings. The zero-order chi connectivity index (χ0) is 15.6. The Labute approximate surface area is 121 Å². The largest absolute Gasteiger partial charge is 0.450 e. The van der Waals surface area contributed by atoms with Crippen molar-refractivity contribution in [1.29, 1.82) is 0 Å². The molecular formula is C9H11Cl2F4NO4. The number of rotatable bonds is 6. The van der Waals surface area contributed by atoms with Crippen LogP contribution in [0.3, 0.4) is 0 Å². The Bertz CT molecular complexity index is 347. The number of carbonyl (C=O) groups excluding carboxylic acids is 1. The van der Waals surface area contributed by atoms with Crippen LogP contribution in [0, 0.1) is 0 Å². The van der Waals surface area contributed by atoms with Gasteiger partial charge in [0, 0.05) is 0 Å². The van der Waals surface area contributed by atoms with Gasteiger partial charge in [0.2, 0.25) is 0 Å². The fourth-order valence-corrected chi connectivity index (χ4v) is 2.08. The van der Waals surface area contributed by atoms with E-state index in [1.807, 2.05) is 0 Å². The normalized spacial score (nSPS) is 22.8. The molecular weight excluding hydrogens is 333 g/mol. The standard InChI is InChI=1S/C9H11Cl2F4NO4/c10-8(12,13)7(9(11,14)15)19-4-5(20-7)2-1-3-18-6(16)17/h5H,1-4H2,(H2,16,17). The molecule has 20 heavy (non-hydrogen) atoms. The molecule has 1 unspecified atom stereocenters. The summed E-state index contributed by atoms with van der Waals surface area (Å²) < 4.78 is 65.7. The first-order valence-corrected chi connectivity index (χ1v) is 6.12. The van der Waals surface area contributed by atoms with Gasteiger partial charge in [-0.25, -0.2) is 4.79 Å². The summed E-state index contributed by atoms with van der Waals surface area (Å²) in [6.45, 7) is -0.669. The number of amides is 1. The first-order valence-electron chi connectivity index (χ1n) is 5.37. The summed E-state index contributed by atoms with van der Waals surface area (Å²) >= 11 is 9.23. The van der Waals surface area contributed by atoms with Crippen molar-refractivity contribution in [1.82, 2.24) is 0 Å². The molecule has 0 aromatic carbocycles. The molecule has 11 heteroatoms. The van der Waals surface area contributed by atoms with Gasteiger partial charge in [-0.2, -0.15) is 17.6 Å². The third kappa shape index (κ3) is 3.78. The highest BCUT2D eigenvalue weighted by Gasteiger charge is 2.73. The number of halogens is 6. The smallest absolute Gasteiger partial charge is 0.404 e. The van der Waals surface area contributed by atoms with Gasteiger partial charge >= 0.3 is 22.6 Å². The van der Waals surface area contributed by atoms with E-state index in [1.165, 1.54) is 0 Å². The lowest BCUT2D eigenvalue weighted by atomic mass is 10.2. The molecule has 0 bridgehead atoms. The Hall–Kier alpha value is -0.510. The summed E-state index contributed by atoms with van der Waals surface area (Å²) in [4.78, 5) is 10.3. The third-order valence-corrected chi connectivity index (χ3v) is 2.96. The van der Waals surface area contributed by atoms with E-state index in [2.05, 4.69) is 37.4 Å². The van der Waals surface area contributed by atoms with Crippen molar-refractivity contribution in [2.75, 3.05) is 13.2 Å². The van der Waals surface area contributed by atoms with Crippen LogP contribution in [0.2, 0.25) is 0 Å². The van der Waals surface area contributed by atoms with E-state index in [9.17, 15) is 22.4 Å². The predicted octanol–water partition coefficient (Wildman–Crippen LogP) is 2.64. The van der Waals surface area contributed by atoms with Gasteiger partial charge in [-0.05, 0) is 36.0 Å². The van der Waals surface area contributed by atoms with E-state index in [0.717, 1.165) is 0 Å². The Morgan fingerprint density at radius 3 is 2.30 bits per heavy atom. The number of carbonyl (C=O) groups is 1. The second-order valence-electron chi connectivity index (χ2n) is 3.97. The van der Waals surface area contributed by atoms with Crippen LogP contribution in [0.4, 0.5) is 22.4 Å². The van der Waals surface area contributed by atoms with Crippen LogP contribution in [0.15, 0.2) is 0 Å². The van der Waals surface area contributed by atoms with Crippen LogP contribution in [-0.4, -0.2) is 42.0 Å². The Kier molecular flexibility index (Phi) is 5.34. The van der Waals surface area contributed by atoms with Gasteiger partial charge < -0.3 is 19.9 Å². The molecule has 0 spiro atoms. The van der Waals surface area contributed by atoms with Gasteiger partial charge in [-0.1, -0.05) is 0 Å². The van der Waals surface area contributed by atoms with Crippen molar-refractivity contribution in [3.8, 4) is 0 Å². The van der Waals surface area contributed by atoms with Gasteiger partial charge in [0.15, 0.2) is 0 Å². The van der Waals surface area contributed by atoms with E-state index in [4.69, 9.17) is 5.73 Å². The summed E-state index contributed by atoms with van der Waals surface area (Å²) in [5, 5.41) is -9.06. The predicted molar refractivity (Wildman–Crippen MR) is 59.9 cm³/mol. The number of hydrogen-bond acceptors (Lipinski definition) is 4. The first kappa shape index (κ1) is 17.5. The maximum atomic E-state index is 13.1. The van der Waals surface area contributed by atoms with Crippen LogP contribution >= 0.6 is 23.2 Å². The number of ether oxygens (including phenoxy) is 3. The molecule has 1 amide bonds. The Morgan fingerprint density at radius 2 is 1.90 bits per heavy atom. The van der Waals surface area contributed by atoms with Crippen molar-refractivity contribution < 1.29 is 36.6 Å². The molecule has 0 aromatic heterocycles. The molecule has 5 nitrogen and oxygen atoms in total. The highest BCUT2D eigenvalue weighted by atomic mass is 35.5. The van der Waals surface area contributed by atoms with Crippen molar-refractivity contribution >= 4 is 29.3 Å². The zero-order valence-electron chi connectivity index (χ0n) is 9.88. The lowest BCUT2D eigenvalue weighted by Gasteiger charge is -2.34. The Morgan fingerprint density at radius 1 is 1.35 bits per heavy atom. The highest BCUT2D eigenvalue weighted by Crippen LogP contribution is 2.52. The monoisotopic (exact) mass is 343 g/mol. The van der Waals surface area contributed by atoms with E-state index in [1.54, 1.807) is 0 Å². The van der Waals surface area contributed by atoms with Crippen LogP contribution in [0.5, 0.6) is 0 Å². The van der Waals surface area contributed by atoms with Gasteiger partial charge in [-0.3, -0.25) is 0 Å². The molecule has 118 valence electrons. The topological polar surface area (TPSA) is 70.8 Å². The summed E-state index contributed by atoms with van der Waals surface area (Å²) in [5.41, 5.74) is 4.69. The van der Waals surface area contributed by atoms with Gasteiger partial charge in [0.05, 0.1) is 19.3 Å². The molecule has 0 aromatic rings. The lowest BCUT2D eigenvalue weighted by Crippen LogP contribution is -2.57. The SMILES string of the molecule is NC(=O)OCCCC1COC(C(F)(F)Cl)(C(F)(F)Cl)O1. The van der Waals surface area contributed by atoms with Gasteiger partial charge in [0.25, 0.3) is 0 Å². The molecule has 1 aliphatic heterocycles. The maximum Gasteiger partial charge on any atom is 0.404 e. The molecule has 0 radical (unpaired) electrons. The maximum absolute atomic E-state index is 13.1. The van der Waals surface area contributed by atoms with Crippen LogP contribution < -0.4 is 5.73 Å². The Balaban J connectivity index is 2.61. The fourth-order valence-electron chi connectivity index (χ4n) is 1.60. The van der Waals surface area contributed by atoms with Crippen molar-refractivity contribution in [3.05, 3.63) is 0 Å². The third-order valence-electron chi connectivity index (χ3n) is 2.47. The number of alkyl halides is 6. The van der Waals surface area contributed by atoms with Crippen molar-refractivity contribution in [2.45, 2.75) is 35.5 Å². The molecule has 0 aliphatic carbocycles. The second-order valence-corrected chi connectivity index (χ2v) is 4.92. The van der Waals surface area contributed by atoms with Crippen LogP contribution in [-0.2, 0) is 14.2 Å². The highest BCUT2D eigenvalue weighted by molar-refractivity contribution is 6.26. The summed E-state index contributed by atoms with van der Waals surface area (Å²) in [6, 6.07) is 0. The van der Waals surface area contributed by atoms with E-state index >= 15 is 0 Å². The number of nitrogens with two attached hydrogens (primary N) is 1. The second kappa shape index (κ2) is 6.08. The lowest BCUT2D eigenvalue weighted by molar-refractivity contribution is -0.328. The fraction of sp³-hybridized carbons (Fsp3) is 0.889. The summed E-state index contributed by atoms with van der Waals surface area (Å²) in [5.74, 6) is -3.74. The van der Waals surface area contributed by atoms with E-state index in [0.29, 0.717) is 0 Å². The summed E-state index contributed by atoms with van der Waals surface area (Å²) in [7, 11) is 0. The minimum atomic E-state index is -4.53. The molecule has 1 saturated heterocycles. The number of hydrogen-bond donors (Lipinski definition) is 1. The van der Waals surface area contributed by atoms with Crippen molar-refractivity contribution in [3.63, 3.8) is 0 Å². The average molecular weight is 344 g/mol.